The molecule has 1 saturated heterocycles. The molecule has 0 saturated carbocycles. The first-order valence-electron chi connectivity index (χ1n) is 4.53. The van der Waals surface area contributed by atoms with Gasteiger partial charge in [0.15, 0.2) is 5.11 Å². The van der Waals surface area contributed by atoms with Gasteiger partial charge in [0.05, 0.1) is 0 Å². The summed E-state index contributed by atoms with van der Waals surface area (Å²) in [5.74, 6) is 5.31. The summed E-state index contributed by atoms with van der Waals surface area (Å²) in [7, 11) is 0. The molecule has 1 amide bonds. The van der Waals surface area contributed by atoms with E-state index in [-0.39, 0.29) is 5.91 Å². The molecule has 5 heteroatoms. The highest BCUT2D eigenvalue weighted by atomic mass is 32.1. The van der Waals surface area contributed by atoms with Gasteiger partial charge in [-0.05, 0) is 18.6 Å². The molecule has 0 spiro atoms. The molecule has 0 aromatic carbocycles. The molecule has 4 nitrogen and oxygen atoms in total. The van der Waals surface area contributed by atoms with Crippen molar-refractivity contribution in [1.82, 2.24) is 9.91 Å². The van der Waals surface area contributed by atoms with Crippen molar-refractivity contribution in [2.24, 2.45) is 5.84 Å². The van der Waals surface area contributed by atoms with E-state index < -0.39 is 0 Å². The number of carbonyl (C=O) groups is 1. The van der Waals surface area contributed by atoms with Crippen LogP contribution in [0.1, 0.15) is 26.2 Å². The normalized spacial score (nSPS) is 17.4. The molecule has 1 aliphatic heterocycles. The van der Waals surface area contributed by atoms with Gasteiger partial charge in [0.1, 0.15) is 6.54 Å². The van der Waals surface area contributed by atoms with Gasteiger partial charge in [0.25, 0.3) is 5.91 Å². The van der Waals surface area contributed by atoms with Crippen LogP contribution in [0, 0.1) is 0 Å². The second kappa shape index (κ2) is 4.53. The van der Waals surface area contributed by atoms with Gasteiger partial charge >= 0.3 is 0 Å². The third-order valence-corrected chi connectivity index (χ3v) is 2.56. The van der Waals surface area contributed by atoms with Crippen molar-refractivity contribution < 1.29 is 4.79 Å². The fourth-order valence-corrected chi connectivity index (χ4v) is 1.55. The molecule has 0 bridgehead atoms. The second-order valence-electron chi connectivity index (χ2n) is 3.17. The van der Waals surface area contributed by atoms with Crippen LogP contribution in [0.25, 0.3) is 0 Å². The SMILES string of the molecule is CCCCCN1CC(=O)N(N)C1=S. The number of thiocarbonyl (C=S) groups is 1. The Morgan fingerprint density at radius 3 is 2.69 bits per heavy atom. The highest BCUT2D eigenvalue weighted by Crippen LogP contribution is 2.08. The number of unbranched alkanes of at least 4 members (excludes halogenated alkanes) is 2. The van der Waals surface area contributed by atoms with Gasteiger partial charge in [-0.1, -0.05) is 19.8 Å². The molecular formula is C8H15N3OS. The van der Waals surface area contributed by atoms with E-state index in [4.69, 9.17) is 18.1 Å². The zero-order valence-electron chi connectivity index (χ0n) is 7.82. The Hall–Kier alpha value is -0.680. The van der Waals surface area contributed by atoms with E-state index in [2.05, 4.69) is 6.92 Å². The number of hydrogen-bond donors (Lipinski definition) is 1. The van der Waals surface area contributed by atoms with Crippen molar-refractivity contribution in [1.29, 1.82) is 0 Å². The van der Waals surface area contributed by atoms with E-state index in [0.717, 1.165) is 24.4 Å². The van der Waals surface area contributed by atoms with E-state index in [1.807, 2.05) is 4.90 Å². The lowest BCUT2D eigenvalue weighted by molar-refractivity contribution is -0.125. The van der Waals surface area contributed by atoms with E-state index >= 15 is 0 Å². The first-order chi connectivity index (χ1) is 6.16. The van der Waals surface area contributed by atoms with E-state index in [0.29, 0.717) is 11.7 Å². The van der Waals surface area contributed by atoms with Crippen LogP contribution < -0.4 is 5.84 Å². The minimum Gasteiger partial charge on any atom is -0.338 e. The van der Waals surface area contributed by atoms with Crippen molar-refractivity contribution >= 4 is 23.2 Å². The first kappa shape index (κ1) is 10.4. The third kappa shape index (κ3) is 2.38. The molecular weight excluding hydrogens is 186 g/mol. The standard InChI is InChI=1S/C8H15N3OS/c1-2-3-4-5-10-6-7(12)11(9)8(10)13/h2-6,9H2,1H3. The molecule has 0 aromatic rings. The first-order valence-corrected chi connectivity index (χ1v) is 4.94. The van der Waals surface area contributed by atoms with Crippen molar-refractivity contribution in [3.63, 3.8) is 0 Å². The Morgan fingerprint density at radius 2 is 2.23 bits per heavy atom. The summed E-state index contributed by atoms with van der Waals surface area (Å²) in [5.41, 5.74) is 0. The van der Waals surface area contributed by atoms with Crippen LogP contribution in [0.15, 0.2) is 0 Å². The fourth-order valence-electron chi connectivity index (χ4n) is 1.29. The van der Waals surface area contributed by atoms with E-state index in [1.165, 1.54) is 6.42 Å². The predicted molar refractivity (Wildman–Crippen MR) is 54.7 cm³/mol. The summed E-state index contributed by atoms with van der Waals surface area (Å²) in [6.45, 7) is 3.33. The number of nitrogens with zero attached hydrogens (tertiary/aromatic N) is 2. The fraction of sp³-hybridized carbons (Fsp3) is 0.750. The Labute approximate surface area is 83.6 Å². The third-order valence-electron chi connectivity index (χ3n) is 2.10. The molecule has 1 fully saturated rings. The highest BCUT2D eigenvalue weighted by Gasteiger charge is 2.29. The molecule has 1 aliphatic rings. The average Bonchev–Trinajstić information content (AvgIpc) is 2.34. The molecule has 74 valence electrons. The minimum absolute atomic E-state index is 0.110. The summed E-state index contributed by atoms with van der Waals surface area (Å²) in [6.07, 6.45) is 3.40. The Bertz CT molecular complexity index is 219. The Kier molecular flexibility index (Phi) is 3.62. The molecule has 0 aromatic heterocycles. The maximum Gasteiger partial charge on any atom is 0.262 e. The summed E-state index contributed by atoms with van der Waals surface area (Å²) >= 11 is 5.00. The van der Waals surface area contributed by atoms with Gasteiger partial charge in [-0.3, -0.25) is 4.79 Å². The maximum absolute atomic E-state index is 11.1. The number of rotatable bonds is 4. The molecule has 2 N–H and O–H groups in total. The summed E-state index contributed by atoms with van der Waals surface area (Å²) in [6, 6.07) is 0. The number of amides is 1. The second-order valence-corrected chi connectivity index (χ2v) is 3.54. The molecule has 0 atom stereocenters. The lowest BCUT2D eigenvalue weighted by Crippen LogP contribution is -2.38. The van der Waals surface area contributed by atoms with Gasteiger partial charge in [0, 0.05) is 6.54 Å². The molecule has 0 unspecified atom stereocenters. The topological polar surface area (TPSA) is 49.6 Å². The van der Waals surface area contributed by atoms with Crippen LogP contribution in [0.5, 0.6) is 0 Å². The van der Waals surface area contributed by atoms with E-state index in [1.54, 1.807) is 0 Å². The van der Waals surface area contributed by atoms with Gasteiger partial charge in [-0.2, -0.15) is 0 Å². The molecule has 13 heavy (non-hydrogen) atoms. The van der Waals surface area contributed by atoms with Crippen LogP contribution in [0.2, 0.25) is 0 Å². The molecule has 0 aliphatic carbocycles. The summed E-state index contributed by atoms with van der Waals surface area (Å²) in [5, 5.41) is 1.52. The number of hydrogen-bond acceptors (Lipinski definition) is 3. The van der Waals surface area contributed by atoms with Gasteiger partial charge < -0.3 is 4.90 Å². The van der Waals surface area contributed by atoms with E-state index in [9.17, 15) is 4.79 Å². The zero-order valence-corrected chi connectivity index (χ0v) is 8.64. The van der Waals surface area contributed by atoms with Gasteiger partial charge in [-0.25, -0.2) is 10.9 Å². The van der Waals surface area contributed by atoms with Crippen LogP contribution >= 0.6 is 12.2 Å². The average molecular weight is 201 g/mol. The summed E-state index contributed by atoms with van der Waals surface area (Å²) < 4.78 is 0. The van der Waals surface area contributed by atoms with Crippen LogP contribution in [-0.4, -0.2) is 34.0 Å². The lowest BCUT2D eigenvalue weighted by atomic mass is 10.2. The smallest absolute Gasteiger partial charge is 0.262 e. The minimum atomic E-state index is -0.110. The Morgan fingerprint density at radius 1 is 1.54 bits per heavy atom. The predicted octanol–water partition coefficient (Wildman–Crippen LogP) is 0.479. The van der Waals surface area contributed by atoms with Gasteiger partial charge in [-0.15, -0.1) is 0 Å². The molecule has 1 rings (SSSR count). The molecule has 1 heterocycles. The lowest BCUT2D eigenvalue weighted by Gasteiger charge is -2.16. The van der Waals surface area contributed by atoms with Gasteiger partial charge in [0.2, 0.25) is 0 Å². The van der Waals surface area contributed by atoms with Crippen molar-refractivity contribution in [3.05, 3.63) is 0 Å². The van der Waals surface area contributed by atoms with Crippen molar-refractivity contribution in [2.75, 3.05) is 13.1 Å². The quantitative estimate of drug-likeness (QED) is 0.311. The zero-order chi connectivity index (χ0) is 9.84. The summed E-state index contributed by atoms with van der Waals surface area (Å²) in [4.78, 5) is 13.0. The number of carbonyl (C=O) groups excluding carboxylic acids is 1. The monoisotopic (exact) mass is 201 g/mol. The van der Waals surface area contributed by atoms with Crippen molar-refractivity contribution in [2.45, 2.75) is 26.2 Å². The number of hydrazine groups is 1. The van der Waals surface area contributed by atoms with Crippen LogP contribution in [0.4, 0.5) is 0 Å². The number of nitrogens with two attached hydrogens (primary N) is 1. The highest BCUT2D eigenvalue weighted by molar-refractivity contribution is 7.80. The molecule has 0 radical (unpaired) electrons. The van der Waals surface area contributed by atoms with Crippen molar-refractivity contribution in [3.8, 4) is 0 Å². The van der Waals surface area contributed by atoms with Crippen LogP contribution in [0.3, 0.4) is 0 Å². The Balaban J connectivity index is 2.36. The van der Waals surface area contributed by atoms with Crippen LogP contribution in [-0.2, 0) is 4.79 Å². The largest absolute Gasteiger partial charge is 0.338 e. The maximum atomic E-state index is 11.1.